The van der Waals surface area contributed by atoms with Crippen molar-refractivity contribution in [2.75, 3.05) is 29.6 Å². The Hall–Kier alpha value is -4.11. The molecule has 1 aliphatic heterocycles. The zero-order valence-corrected chi connectivity index (χ0v) is 25.7. The van der Waals surface area contributed by atoms with Crippen LogP contribution in [0, 0.1) is 18.8 Å². The van der Waals surface area contributed by atoms with Crippen molar-refractivity contribution in [1.29, 1.82) is 0 Å². The fourth-order valence-electron chi connectivity index (χ4n) is 6.29. The van der Waals surface area contributed by atoms with Crippen LogP contribution in [-0.4, -0.2) is 58.0 Å². The first kappa shape index (κ1) is 29.9. The molecule has 1 aromatic carbocycles. The van der Waals surface area contributed by atoms with Crippen molar-refractivity contribution in [2.45, 2.75) is 32.4 Å². The van der Waals surface area contributed by atoms with E-state index in [2.05, 4.69) is 15.4 Å². The summed E-state index contributed by atoms with van der Waals surface area (Å²) in [6.07, 6.45) is 2.25. The van der Waals surface area contributed by atoms with E-state index in [9.17, 15) is 26.8 Å². The third-order valence-corrected chi connectivity index (χ3v) is 8.99. The standard InChI is InChI=1S/C28H29ClF2N8O4S/c1-13-9-15(14(2)33-19-5-6-21(29)34-24(19)25(40)36-44(4,42)43)23-16(10-13)26(41)37(3)28(35-23)38-11-17-18(12-38)22(17)20-7-8-32-39(20)27(30)31/h5-10,14,17-18,22,27,33H,11-12H2,1-4H3,(H,36,40)/t14-,17-,18+,22?/m1/s1. The molecule has 4 heterocycles. The molecule has 0 radical (unpaired) electrons. The number of piperidine rings is 1. The Bertz CT molecular complexity index is 1970. The largest absolute Gasteiger partial charge is 0.377 e. The molecule has 1 unspecified atom stereocenters. The average Bonchev–Trinajstić information content (AvgIpc) is 3.28. The molecule has 2 aliphatic rings. The van der Waals surface area contributed by atoms with E-state index in [0.29, 0.717) is 41.2 Å². The number of rotatable bonds is 8. The van der Waals surface area contributed by atoms with Gasteiger partial charge in [0.05, 0.1) is 28.9 Å². The Morgan fingerprint density at radius 3 is 2.50 bits per heavy atom. The van der Waals surface area contributed by atoms with Crippen LogP contribution >= 0.6 is 11.6 Å². The first-order chi connectivity index (χ1) is 20.7. The van der Waals surface area contributed by atoms with E-state index < -0.39 is 28.5 Å². The number of nitrogens with one attached hydrogen (secondary N) is 2. The molecular formula is C28H29ClF2N8O4S. The van der Waals surface area contributed by atoms with Gasteiger partial charge in [0.25, 0.3) is 11.5 Å². The topological polar surface area (TPSA) is 144 Å². The maximum absolute atomic E-state index is 13.6. The summed E-state index contributed by atoms with van der Waals surface area (Å²) in [6.45, 7) is 2.09. The number of sulfonamides is 1. The first-order valence-corrected chi connectivity index (χ1v) is 16.0. The minimum Gasteiger partial charge on any atom is -0.377 e. The lowest BCUT2D eigenvalue weighted by Gasteiger charge is -2.25. The number of aromatic nitrogens is 5. The number of hydrogen-bond donors (Lipinski definition) is 2. The summed E-state index contributed by atoms with van der Waals surface area (Å²) >= 11 is 6.01. The molecule has 1 aliphatic carbocycles. The number of carbonyl (C=O) groups is 1. The molecule has 1 saturated carbocycles. The number of benzene rings is 1. The van der Waals surface area contributed by atoms with Gasteiger partial charge in [0.1, 0.15) is 5.15 Å². The molecule has 1 saturated heterocycles. The zero-order valence-electron chi connectivity index (χ0n) is 24.1. The van der Waals surface area contributed by atoms with E-state index >= 15 is 0 Å². The molecule has 6 rings (SSSR count). The summed E-state index contributed by atoms with van der Waals surface area (Å²) in [5.41, 5.74) is 2.26. The highest BCUT2D eigenvalue weighted by atomic mass is 35.5. The Balaban J connectivity index is 1.32. The third-order valence-electron chi connectivity index (χ3n) is 8.23. The highest BCUT2D eigenvalue weighted by Crippen LogP contribution is 2.58. The van der Waals surface area contributed by atoms with E-state index in [1.165, 1.54) is 22.9 Å². The minimum absolute atomic E-state index is 0.00206. The number of amides is 1. The number of alkyl halides is 2. The van der Waals surface area contributed by atoms with Crippen molar-refractivity contribution in [3.8, 4) is 0 Å². The van der Waals surface area contributed by atoms with Crippen LogP contribution in [0.1, 0.15) is 52.7 Å². The zero-order chi connectivity index (χ0) is 31.7. The monoisotopic (exact) mass is 646 g/mol. The van der Waals surface area contributed by atoms with Crippen molar-refractivity contribution in [2.24, 2.45) is 18.9 Å². The molecule has 4 aromatic rings. The second-order valence-corrected chi connectivity index (χ2v) is 13.5. The highest BCUT2D eigenvalue weighted by molar-refractivity contribution is 7.89. The molecule has 2 N–H and O–H groups in total. The van der Waals surface area contributed by atoms with Crippen molar-refractivity contribution < 1.29 is 22.0 Å². The van der Waals surface area contributed by atoms with Gasteiger partial charge in [0.15, 0.2) is 5.69 Å². The molecule has 44 heavy (non-hydrogen) atoms. The predicted molar refractivity (Wildman–Crippen MR) is 161 cm³/mol. The Kier molecular flexibility index (Phi) is 7.35. The summed E-state index contributed by atoms with van der Waals surface area (Å²) in [4.78, 5) is 37.3. The third kappa shape index (κ3) is 5.38. The van der Waals surface area contributed by atoms with Crippen molar-refractivity contribution in [3.63, 3.8) is 0 Å². The molecule has 16 heteroatoms. The van der Waals surface area contributed by atoms with Gasteiger partial charge in [-0.1, -0.05) is 17.7 Å². The number of carbonyl (C=O) groups excluding carboxylic acids is 1. The number of aryl methyl sites for hydroxylation is 1. The molecule has 1 amide bonds. The van der Waals surface area contributed by atoms with Gasteiger partial charge in [-0.05, 0) is 55.5 Å². The van der Waals surface area contributed by atoms with Crippen LogP contribution in [0.15, 0.2) is 41.3 Å². The summed E-state index contributed by atoms with van der Waals surface area (Å²) in [5.74, 6) is -0.220. The van der Waals surface area contributed by atoms with Crippen molar-refractivity contribution in [3.05, 3.63) is 74.6 Å². The van der Waals surface area contributed by atoms with E-state index in [-0.39, 0.29) is 39.8 Å². The quantitative estimate of drug-likeness (QED) is 0.274. The van der Waals surface area contributed by atoms with Gasteiger partial charge >= 0.3 is 6.55 Å². The van der Waals surface area contributed by atoms with Gasteiger partial charge in [-0.3, -0.25) is 14.2 Å². The number of hydrogen-bond acceptors (Lipinski definition) is 9. The maximum Gasteiger partial charge on any atom is 0.333 e. The summed E-state index contributed by atoms with van der Waals surface area (Å²) < 4.78 is 54.4. The van der Waals surface area contributed by atoms with Gasteiger partial charge < -0.3 is 10.2 Å². The van der Waals surface area contributed by atoms with Gasteiger partial charge in [0, 0.05) is 43.5 Å². The Morgan fingerprint density at radius 2 is 1.84 bits per heavy atom. The van der Waals surface area contributed by atoms with Crippen molar-refractivity contribution >= 4 is 50.1 Å². The van der Waals surface area contributed by atoms with E-state index in [1.807, 2.05) is 29.5 Å². The molecular weight excluding hydrogens is 618 g/mol. The lowest BCUT2D eigenvalue weighted by Crippen LogP contribution is -2.32. The van der Waals surface area contributed by atoms with Gasteiger partial charge in [-0.25, -0.2) is 27.8 Å². The van der Waals surface area contributed by atoms with Crippen LogP contribution in [0.25, 0.3) is 10.9 Å². The molecule has 2 fully saturated rings. The predicted octanol–water partition coefficient (Wildman–Crippen LogP) is 3.59. The summed E-state index contributed by atoms with van der Waals surface area (Å²) in [6, 6.07) is 7.77. The normalized spacial score (nSPS) is 20.2. The van der Waals surface area contributed by atoms with Crippen LogP contribution < -0.4 is 20.5 Å². The van der Waals surface area contributed by atoms with Crippen molar-refractivity contribution in [1.82, 2.24) is 29.0 Å². The SMILES string of the molecule is Cc1cc([C@@H](C)Nc2ccc(Cl)nc2C(=O)NS(C)(=O)=O)c2nc(N3C[C@@H]4C(c5ccnn5C(F)F)[C@@H]4C3)n(C)c(=O)c2c1. The number of nitrogens with zero attached hydrogens (tertiary/aromatic N) is 6. The van der Waals surface area contributed by atoms with Crippen LogP contribution in [0.2, 0.25) is 5.15 Å². The average molecular weight is 647 g/mol. The molecule has 0 spiro atoms. The number of fused-ring (bicyclic) bond motifs is 2. The van der Waals surface area contributed by atoms with Crippen LogP contribution in [-0.2, 0) is 17.1 Å². The molecule has 3 aromatic heterocycles. The smallest absolute Gasteiger partial charge is 0.333 e. The van der Waals surface area contributed by atoms with Gasteiger partial charge in [-0.2, -0.15) is 13.9 Å². The van der Waals surface area contributed by atoms with E-state index in [4.69, 9.17) is 16.6 Å². The fourth-order valence-corrected chi connectivity index (χ4v) is 6.87. The van der Waals surface area contributed by atoms with E-state index in [0.717, 1.165) is 16.5 Å². The summed E-state index contributed by atoms with van der Waals surface area (Å²) in [5, 5.41) is 7.39. The van der Waals surface area contributed by atoms with Gasteiger partial charge in [0.2, 0.25) is 16.0 Å². The van der Waals surface area contributed by atoms with E-state index in [1.54, 1.807) is 19.2 Å². The second-order valence-electron chi connectivity index (χ2n) is 11.4. The van der Waals surface area contributed by atoms with Crippen LogP contribution in [0.5, 0.6) is 0 Å². The lowest BCUT2D eigenvalue weighted by molar-refractivity contribution is 0.0531. The molecule has 232 valence electrons. The number of anilines is 2. The second kappa shape index (κ2) is 10.8. The lowest BCUT2D eigenvalue weighted by atomic mass is 10.0. The Morgan fingerprint density at radius 1 is 1.14 bits per heavy atom. The number of pyridine rings is 1. The summed E-state index contributed by atoms with van der Waals surface area (Å²) in [7, 11) is -2.20. The minimum atomic E-state index is -3.86. The fraction of sp³-hybridized carbons (Fsp3) is 0.393. The van der Waals surface area contributed by atoms with Crippen LogP contribution in [0.3, 0.4) is 0 Å². The molecule has 0 bridgehead atoms. The first-order valence-electron chi connectivity index (χ1n) is 13.8. The maximum atomic E-state index is 13.6. The molecule has 12 nitrogen and oxygen atoms in total. The Labute approximate surface area is 256 Å². The highest BCUT2D eigenvalue weighted by Gasteiger charge is 2.58. The molecule has 4 atom stereocenters. The van der Waals surface area contributed by atoms with Gasteiger partial charge in [-0.15, -0.1) is 0 Å². The van der Waals surface area contributed by atoms with Crippen LogP contribution in [0.4, 0.5) is 20.4 Å². The number of halogens is 3.